The third-order valence-corrected chi connectivity index (χ3v) is 6.07. The lowest BCUT2D eigenvalue weighted by Crippen LogP contribution is -2.22. The Morgan fingerprint density at radius 2 is 1.46 bits per heavy atom. The van der Waals surface area contributed by atoms with Crippen LogP contribution in [-0.2, 0) is 12.8 Å². The quantitative estimate of drug-likeness (QED) is 0.719. The van der Waals surface area contributed by atoms with E-state index >= 15 is 0 Å². The fourth-order valence-electron chi connectivity index (χ4n) is 4.79. The van der Waals surface area contributed by atoms with Crippen molar-refractivity contribution in [2.75, 3.05) is 19.6 Å². The standard InChI is InChI=1S/C23H29N/c1-2-9-19(10-3-1)23(13-8-16-24-14-6-7-15-24)22-17-20-11-4-5-12-21(20)18-22/h1-5,9-12,22-23H,6-8,13-18H2. The van der Waals surface area contributed by atoms with Gasteiger partial charge in [0.05, 0.1) is 0 Å². The first-order valence-electron chi connectivity index (χ1n) is 9.74. The minimum Gasteiger partial charge on any atom is -0.303 e. The van der Waals surface area contributed by atoms with Gasteiger partial charge in [-0.2, -0.15) is 0 Å². The highest BCUT2D eigenvalue weighted by Gasteiger charge is 2.29. The molecule has 1 heterocycles. The molecule has 0 spiro atoms. The molecule has 2 aliphatic rings. The van der Waals surface area contributed by atoms with Crippen LogP contribution in [0.4, 0.5) is 0 Å². The number of rotatable bonds is 6. The highest BCUT2D eigenvalue weighted by molar-refractivity contribution is 5.34. The second-order valence-electron chi connectivity index (χ2n) is 7.65. The van der Waals surface area contributed by atoms with Crippen molar-refractivity contribution in [3.05, 3.63) is 71.3 Å². The van der Waals surface area contributed by atoms with Crippen LogP contribution in [0.5, 0.6) is 0 Å². The molecule has 0 N–H and O–H groups in total. The third kappa shape index (κ3) is 3.57. The first-order valence-corrected chi connectivity index (χ1v) is 9.74. The molecule has 1 heteroatoms. The molecule has 0 saturated carbocycles. The normalized spacial score (nSPS) is 19.5. The van der Waals surface area contributed by atoms with Crippen molar-refractivity contribution in [1.82, 2.24) is 4.90 Å². The van der Waals surface area contributed by atoms with Crippen LogP contribution in [0.25, 0.3) is 0 Å². The monoisotopic (exact) mass is 319 g/mol. The predicted octanol–water partition coefficient (Wildman–Crippen LogP) is 5.06. The van der Waals surface area contributed by atoms with Gasteiger partial charge in [-0.1, -0.05) is 54.6 Å². The number of benzene rings is 2. The van der Waals surface area contributed by atoms with Crippen LogP contribution in [0, 0.1) is 5.92 Å². The zero-order valence-corrected chi connectivity index (χ0v) is 14.7. The maximum atomic E-state index is 2.66. The van der Waals surface area contributed by atoms with E-state index in [1.807, 2.05) is 0 Å². The number of likely N-dealkylation sites (tertiary alicyclic amines) is 1. The first-order chi connectivity index (χ1) is 11.9. The van der Waals surface area contributed by atoms with Crippen LogP contribution in [0.2, 0.25) is 0 Å². The molecule has 2 aromatic rings. The lowest BCUT2D eigenvalue weighted by molar-refractivity contribution is 0.311. The molecule has 1 atom stereocenters. The molecule has 1 saturated heterocycles. The van der Waals surface area contributed by atoms with Crippen molar-refractivity contribution >= 4 is 0 Å². The largest absolute Gasteiger partial charge is 0.303 e. The average molecular weight is 319 g/mol. The highest BCUT2D eigenvalue weighted by atomic mass is 15.1. The molecular formula is C23H29N. The number of hydrogen-bond donors (Lipinski definition) is 0. The summed E-state index contributed by atoms with van der Waals surface area (Å²) >= 11 is 0. The fourth-order valence-corrected chi connectivity index (χ4v) is 4.79. The van der Waals surface area contributed by atoms with Gasteiger partial charge in [0.1, 0.15) is 0 Å². The van der Waals surface area contributed by atoms with Gasteiger partial charge in [-0.15, -0.1) is 0 Å². The fraction of sp³-hybridized carbons (Fsp3) is 0.478. The molecule has 1 fully saturated rings. The van der Waals surface area contributed by atoms with Gasteiger partial charge in [-0.05, 0) is 86.7 Å². The molecule has 2 aromatic carbocycles. The molecule has 1 aliphatic carbocycles. The van der Waals surface area contributed by atoms with E-state index in [2.05, 4.69) is 59.5 Å². The maximum Gasteiger partial charge on any atom is -0.00183 e. The Kier molecular flexibility index (Phi) is 4.99. The molecule has 24 heavy (non-hydrogen) atoms. The van der Waals surface area contributed by atoms with Crippen molar-refractivity contribution < 1.29 is 0 Å². The van der Waals surface area contributed by atoms with E-state index in [0.717, 1.165) is 5.92 Å². The molecule has 0 aromatic heterocycles. The molecule has 126 valence electrons. The summed E-state index contributed by atoms with van der Waals surface area (Å²) in [5.41, 5.74) is 4.72. The van der Waals surface area contributed by atoms with Gasteiger partial charge < -0.3 is 4.90 Å². The number of fused-ring (bicyclic) bond motifs is 1. The van der Waals surface area contributed by atoms with Crippen LogP contribution >= 0.6 is 0 Å². The topological polar surface area (TPSA) is 3.24 Å². The van der Waals surface area contributed by atoms with Crippen LogP contribution < -0.4 is 0 Å². The van der Waals surface area contributed by atoms with E-state index in [-0.39, 0.29) is 0 Å². The van der Waals surface area contributed by atoms with E-state index in [1.165, 1.54) is 58.2 Å². The Morgan fingerprint density at radius 3 is 2.12 bits per heavy atom. The van der Waals surface area contributed by atoms with Gasteiger partial charge in [0, 0.05) is 0 Å². The van der Waals surface area contributed by atoms with Crippen molar-refractivity contribution in [2.45, 2.75) is 44.4 Å². The van der Waals surface area contributed by atoms with Crippen LogP contribution in [-0.4, -0.2) is 24.5 Å². The molecule has 0 radical (unpaired) electrons. The first kappa shape index (κ1) is 15.9. The van der Waals surface area contributed by atoms with E-state index in [1.54, 1.807) is 16.7 Å². The summed E-state index contributed by atoms with van der Waals surface area (Å²) in [4.78, 5) is 2.66. The summed E-state index contributed by atoms with van der Waals surface area (Å²) in [6.07, 6.45) is 8.00. The third-order valence-electron chi connectivity index (χ3n) is 6.07. The Bertz CT molecular complexity index is 617. The van der Waals surface area contributed by atoms with Gasteiger partial charge in [-0.3, -0.25) is 0 Å². The second-order valence-corrected chi connectivity index (χ2v) is 7.65. The minimum atomic E-state index is 0.709. The number of nitrogens with zero attached hydrogens (tertiary/aromatic N) is 1. The molecule has 1 aliphatic heterocycles. The van der Waals surface area contributed by atoms with Crippen molar-refractivity contribution in [2.24, 2.45) is 5.92 Å². The summed E-state index contributed by atoms with van der Waals surface area (Å²) in [5.74, 6) is 1.49. The second kappa shape index (κ2) is 7.53. The lowest BCUT2D eigenvalue weighted by Gasteiger charge is -2.25. The van der Waals surface area contributed by atoms with E-state index in [0.29, 0.717) is 5.92 Å². The smallest absolute Gasteiger partial charge is 0.00183 e. The van der Waals surface area contributed by atoms with Gasteiger partial charge in [0.2, 0.25) is 0 Å². The zero-order chi connectivity index (χ0) is 16.2. The molecule has 4 rings (SSSR count). The minimum absolute atomic E-state index is 0.709. The van der Waals surface area contributed by atoms with Gasteiger partial charge >= 0.3 is 0 Å². The average Bonchev–Trinajstić information content (AvgIpc) is 3.28. The van der Waals surface area contributed by atoms with Gasteiger partial charge in [-0.25, -0.2) is 0 Å². The summed E-state index contributed by atoms with van der Waals surface area (Å²) in [6, 6.07) is 20.3. The molecule has 1 unspecified atom stereocenters. The van der Waals surface area contributed by atoms with Crippen molar-refractivity contribution in [1.29, 1.82) is 0 Å². The van der Waals surface area contributed by atoms with Crippen molar-refractivity contribution in [3.8, 4) is 0 Å². The molecular weight excluding hydrogens is 290 g/mol. The van der Waals surface area contributed by atoms with Crippen molar-refractivity contribution in [3.63, 3.8) is 0 Å². The molecule has 1 nitrogen and oxygen atoms in total. The van der Waals surface area contributed by atoms with E-state index in [4.69, 9.17) is 0 Å². The summed E-state index contributed by atoms with van der Waals surface area (Å²) < 4.78 is 0. The summed E-state index contributed by atoms with van der Waals surface area (Å²) in [7, 11) is 0. The SMILES string of the molecule is c1ccc(C(CCCN2CCCC2)C2Cc3ccccc3C2)cc1. The molecule has 0 bridgehead atoms. The Morgan fingerprint density at radius 1 is 0.833 bits per heavy atom. The summed E-state index contributed by atoms with van der Waals surface area (Å²) in [6.45, 7) is 3.94. The van der Waals surface area contributed by atoms with E-state index in [9.17, 15) is 0 Å². The highest BCUT2D eigenvalue weighted by Crippen LogP contribution is 2.39. The maximum absolute atomic E-state index is 2.66. The Labute approximate surface area is 146 Å². The van der Waals surface area contributed by atoms with E-state index < -0.39 is 0 Å². The molecule has 0 amide bonds. The Hall–Kier alpha value is -1.60. The summed E-state index contributed by atoms with van der Waals surface area (Å²) in [5, 5.41) is 0. The number of hydrogen-bond acceptors (Lipinski definition) is 1. The van der Waals surface area contributed by atoms with Crippen LogP contribution in [0.1, 0.15) is 48.3 Å². The van der Waals surface area contributed by atoms with Gasteiger partial charge in [0.25, 0.3) is 0 Å². The van der Waals surface area contributed by atoms with Gasteiger partial charge in [0.15, 0.2) is 0 Å². The predicted molar refractivity (Wildman–Crippen MR) is 101 cm³/mol. The zero-order valence-electron chi connectivity index (χ0n) is 14.7. The van der Waals surface area contributed by atoms with Crippen LogP contribution in [0.15, 0.2) is 54.6 Å². The lowest BCUT2D eigenvalue weighted by atomic mass is 9.81. The Balaban J connectivity index is 1.45. The van der Waals surface area contributed by atoms with Crippen LogP contribution in [0.3, 0.4) is 0 Å².